The van der Waals surface area contributed by atoms with Crippen LogP contribution in [0.4, 0.5) is 11.4 Å². The quantitative estimate of drug-likeness (QED) is 0.337. The molecule has 2 fully saturated rings. The first kappa shape index (κ1) is 24.9. The number of hydrogen-bond acceptors (Lipinski definition) is 6. The topological polar surface area (TPSA) is 64.0 Å². The van der Waals surface area contributed by atoms with Crippen molar-refractivity contribution in [2.75, 3.05) is 42.9 Å². The van der Waals surface area contributed by atoms with E-state index in [1.165, 1.54) is 11.3 Å². The van der Waals surface area contributed by atoms with Crippen LogP contribution in [0.3, 0.4) is 0 Å². The van der Waals surface area contributed by atoms with Gasteiger partial charge in [0.2, 0.25) is 6.79 Å². The fourth-order valence-electron chi connectivity index (χ4n) is 6.10. The zero-order valence-electron chi connectivity index (χ0n) is 22.5. The minimum Gasteiger partial charge on any atom is -0.454 e. The van der Waals surface area contributed by atoms with E-state index < -0.39 is 0 Å². The van der Waals surface area contributed by atoms with Gasteiger partial charge in [0.25, 0.3) is 0 Å². The summed E-state index contributed by atoms with van der Waals surface area (Å²) in [5.41, 5.74) is 7.70. The Hall–Kier alpha value is -4.08. The average Bonchev–Trinajstić information content (AvgIpc) is 3.68. The number of anilines is 2. The van der Waals surface area contributed by atoms with Crippen LogP contribution in [0.25, 0.3) is 5.69 Å². The second kappa shape index (κ2) is 10.1. The van der Waals surface area contributed by atoms with Gasteiger partial charge in [-0.15, -0.1) is 0 Å². The summed E-state index contributed by atoms with van der Waals surface area (Å²) in [6.45, 7) is 7.88. The van der Waals surface area contributed by atoms with Crippen LogP contribution in [-0.4, -0.2) is 47.8 Å². The molecule has 1 N–H and O–H groups in total. The molecule has 0 radical (unpaired) electrons. The molecule has 204 valence electrons. The number of aromatic nitrogens is 2. The van der Waals surface area contributed by atoms with E-state index in [1.54, 1.807) is 0 Å². The van der Waals surface area contributed by atoms with Gasteiger partial charge in [0.15, 0.2) is 16.6 Å². The van der Waals surface area contributed by atoms with Crippen molar-refractivity contribution in [1.29, 1.82) is 0 Å². The maximum absolute atomic E-state index is 5.99. The number of morpholine rings is 1. The predicted octanol–water partition coefficient (Wildman–Crippen LogP) is 5.23. The van der Waals surface area contributed by atoms with Crippen LogP contribution in [0, 0.1) is 13.8 Å². The van der Waals surface area contributed by atoms with Gasteiger partial charge in [0.1, 0.15) is 0 Å². The maximum Gasteiger partial charge on any atom is 0.231 e. The first-order valence-corrected chi connectivity index (χ1v) is 14.0. The normalized spacial score (nSPS) is 20.2. The summed E-state index contributed by atoms with van der Waals surface area (Å²) in [7, 11) is 0. The zero-order chi connectivity index (χ0) is 27.2. The number of pyridine rings is 1. The summed E-state index contributed by atoms with van der Waals surface area (Å²) in [5, 5.41) is 4.28. The third-order valence-electron chi connectivity index (χ3n) is 8.01. The van der Waals surface area contributed by atoms with E-state index in [1.807, 2.05) is 30.5 Å². The zero-order valence-corrected chi connectivity index (χ0v) is 23.4. The van der Waals surface area contributed by atoms with Gasteiger partial charge in [-0.2, -0.15) is 0 Å². The molecule has 0 spiro atoms. The van der Waals surface area contributed by atoms with Crippen molar-refractivity contribution >= 4 is 28.7 Å². The van der Waals surface area contributed by atoms with Crippen LogP contribution in [-0.2, 0) is 4.74 Å². The lowest BCUT2D eigenvalue weighted by Gasteiger charge is -2.31. The molecule has 7 rings (SSSR count). The fraction of sp³-hybridized carbons (Fsp3) is 0.290. The molecular weight excluding hydrogens is 522 g/mol. The maximum atomic E-state index is 5.99. The number of nitrogens with zero attached hydrogens (tertiary/aromatic N) is 4. The van der Waals surface area contributed by atoms with Crippen molar-refractivity contribution in [3.8, 4) is 17.2 Å². The van der Waals surface area contributed by atoms with Crippen LogP contribution in [0.5, 0.6) is 11.5 Å². The summed E-state index contributed by atoms with van der Waals surface area (Å²) in [6, 6.07) is 22.9. The number of rotatable bonds is 5. The summed E-state index contributed by atoms with van der Waals surface area (Å²) in [5.74, 6) is 1.54. The van der Waals surface area contributed by atoms with Crippen molar-refractivity contribution in [2.45, 2.75) is 25.9 Å². The molecule has 2 atom stereocenters. The lowest BCUT2D eigenvalue weighted by atomic mass is 9.96. The smallest absolute Gasteiger partial charge is 0.231 e. The van der Waals surface area contributed by atoms with E-state index in [4.69, 9.17) is 31.4 Å². The molecule has 0 amide bonds. The molecule has 0 aliphatic carbocycles. The number of thiocarbonyl (C=S) groups is 1. The Balaban J connectivity index is 1.30. The van der Waals surface area contributed by atoms with Crippen LogP contribution < -0.4 is 24.6 Å². The largest absolute Gasteiger partial charge is 0.454 e. The first-order chi connectivity index (χ1) is 19.6. The van der Waals surface area contributed by atoms with Gasteiger partial charge >= 0.3 is 0 Å². The van der Waals surface area contributed by atoms with Gasteiger partial charge in [-0.25, -0.2) is 0 Å². The van der Waals surface area contributed by atoms with Gasteiger partial charge in [-0.1, -0.05) is 6.07 Å². The fourth-order valence-corrected chi connectivity index (χ4v) is 6.45. The number of ether oxygens (including phenoxy) is 3. The minimum atomic E-state index is -0.113. The Bertz CT molecular complexity index is 1550. The molecule has 2 aromatic carbocycles. The van der Waals surface area contributed by atoms with Crippen LogP contribution >= 0.6 is 12.2 Å². The van der Waals surface area contributed by atoms with E-state index in [0.29, 0.717) is 5.11 Å². The van der Waals surface area contributed by atoms with Crippen LogP contribution in [0.15, 0.2) is 72.9 Å². The number of aryl methyl sites for hydroxylation is 1. The van der Waals surface area contributed by atoms with Crippen molar-refractivity contribution in [3.05, 3.63) is 95.6 Å². The Labute approximate surface area is 239 Å². The second-order valence-corrected chi connectivity index (χ2v) is 10.7. The monoisotopic (exact) mass is 553 g/mol. The molecule has 2 saturated heterocycles. The van der Waals surface area contributed by atoms with E-state index in [2.05, 4.69) is 76.0 Å². The Kier molecular flexibility index (Phi) is 6.32. The summed E-state index contributed by atoms with van der Waals surface area (Å²) in [6.07, 6.45) is 1.84. The number of benzene rings is 2. The summed E-state index contributed by atoms with van der Waals surface area (Å²) >= 11 is 5.99. The standard InChI is InChI=1S/C31H31N5O3S/c1-20-17-25(21(2)35(20)24-10-11-27-28(18-24)39-19-38-27)30-29(26-5-3-4-12-32-26)33-31(40)36(30)23-8-6-22(7-9-23)34-13-15-37-16-14-34/h3-12,17-18,29-30H,13-16,19H2,1-2H3,(H,33,40)/t29-,30+/m0/s1. The Morgan fingerprint density at radius 2 is 1.62 bits per heavy atom. The van der Waals surface area contributed by atoms with Crippen molar-refractivity contribution in [2.24, 2.45) is 0 Å². The number of hydrogen-bond donors (Lipinski definition) is 1. The van der Waals surface area contributed by atoms with Crippen LogP contribution in [0.2, 0.25) is 0 Å². The third kappa shape index (κ3) is 4.26. The molecule has 8 nitrogen and oxygen atoms in total. The van der Waals surface area contributed by atoms with E-state index >= 15 is 0 Å². The molecule has 3 aliphatic rings. The van der Waals surface area contributed by atoms with Gasteiger partial charge < -0.3 is 33.9 Å². The molecule has 4 aromatic rings. The number of nitrogens with one attached hydrogen (secondary N) is 1. The molecule has 9 heteroatoms. The Morgan fingerprint density at radius 3 is 2.40 bits per heavy atom. The van der Waals surface area contributed by atoms with Gasteiger partial charge in [0.05, 0.1) is 31.0 Å². The summed E-state index contributed by atoms with van der Waals surface area (Å²) in [4.78, 5) is 9.33. The molecular formula is C31H31N5O3S. The van der Waals surface area contributed by atoms with Crippen molar-refractivity contribution in [1.82, 2.24) is 14.9 Å². The van der Waals surface area contributed by atoms with Gasteiger partial charge in [-0.05, 0) is 86.2 Å². The van der Waals surface area contributed by atoms with Crippen molar-refractivity contribution < 1.29 is 14.2 Å². The highest BCUT2D eigenvalue weighted by atomic mass is 32.1. The van der Waals surface area contributed by atoms with Crippen LogP contribution in [0.1, 0.15) is 34.7 Å². The van der Waals surface area contributed by atoms with Gasteiger partial charge in [-0.3, -0.25) is 4.98 Å². The average molecular weight is 554 g/mol. The molecule has 5 heterocycles. The van der Waals surface area contributed by atoms with E-state index in [0.717, 1.165) is 66.3 Å². The molecule has 0 bridgehead atoms. The van der Waals surface area contributed by atoms with E-state index in [9.17, 15) is 0 Å². The highest BCUT2D eigenvalue weighted by Crippen LogP contribution is 2.44. The van der Waals surface area contributed by atoms with Gasteiger partial charge in [0, 0.05) is 53.8 Å². The molecule has 3 aliphatic heterocycles. The second-order valence-electron chi connectivity index (χ2n) is 10.3. The number of fused-ring (bicyclic) bond motifs is 1. The van der Waals surface area contributed by atoms with Crippen molar-refractivity contribution in [3.63, 3.8) is 0 Å². The minimum absolute atomic E-state index is 0.0920. The summed E-state index contributed by atoms with van der Waals surface area (Å²) < 4.78 is 19.0. The molecule has 0 saturated carbocycles. The molecule has 40 heavy (non-hydrogen) atoms. The highest BCUT2D eigenvalue weighted by Gasteiger charge is 2.42. The lowest BCUT2D eigenvalue weighted by molar-refractivity contribution is 0.122. The molecule has 0 unspecified atom stereocenters. The highest BCUT2D eigenvalue weighted by molar-refractivity contribution is 7.80. The first-order valence-electron chi connectivity index (χ1n) is 13.6. The predicted molar refractivity (Wildman–Crippen MR) is 159 cm³/mol. The Morgan fingerprint density at radius 1 is 0.875 bits per heavy atom. The lowest BCUT2D eigenvalue weighted by Crippen LogP contribution is -2.36. The van der Waals surface area contributed by atoms with E-state index in [-0.39, 0.29) is 18.9 Å². The molecule has 2 aromatic heterocycles. The third-order valence-corrected chi connectivity index (χ3v) is 8.32. The SMILES string of the molecule is Cc1cc([C@@H]2[C@H](c3ccccn3)NC(=S)N2c2ccc(N3CCOCC3)cc2)c(C)n1-c1ccc2c(c1)OCO2.